The molecule has 0 aliphatic heterocycles. The monoisotopic (exact) mass is 325 g/mol. The summed E-state index contributed by atoms with van der Waals surface area (Å²) >= 11 is 25.3. The fourth-order valence-corrected chi connectivity index (χ4v) is 3.29. The van der Waals surface area contributed by atoms with Gasteiger partial charge in [0.2, 0.25) is 3.79 Å². The Balaban J connectivity index is 2.85. The molecular weight excluding hydrogens is 320 g/mol. The second kappa shape index (κ2) is 5.02. The van der Waals surface area contributed by atoms with Gasteiger partial charge in [-0.3, -0.25) is 0 Å². The van der Waals surface area contributed by atoms with E-state index in [9.17, 15) is 0 Å². The predicted molar refractivity (Wildman–Crippen MR) is 77.8 cm³/mol. The Bertz CT molecular complexity index is 565. The highest BCUT2D eigenvalue weighted by Crippen LogP contribution is 2.45. The lowest BCUT2D eigenvalue weighted by Crippen LogP contribution is -2.06. The van der Waals surface area contributed by atoms with Crippen molar-refractivity contribution in [3.63, 3.8) is 0 Å². The van der Waals surface area contributed by atoms with Gasteiger partial charge in [-0.1, -0.05) is 64.6 Å². The molecule has 0 atom stereocenters. The third kappa shape index (κ3) is 2.61. The Morgan fingerprint density at radius 2 is 1.82 bits per heavy atom. The molecule has 0 spiro atoms. The topological polar surface area (TPSA) is 12.9 Å². The van der Waals surface area contributed by atoms with Crippen molar-refractivity contribution in [2.75, 3.05) is 6.26 Å². The van der Waals surface area contributed by atoms with Gasteiger partial charge < -0.3 is 0 Å². The highest BCUT2D eigenvalue weighted by molar-refractivity contribution is 7.99. The van der Waals surface area contributed by atoms with Crippen LogP contribution >= 0.6 is 58.2 Å². The molecule has 1 nitrogen and oxygen atoms in total. The summed E-state index contributed by atoms with van der Waals surface area (Å²) in [5.74, 6) is 0. The van der Waals surface area contributed by atoms with E-state index in [0.717, 1.165) is 15.8 Å². The number of halogens is 4. The maximum Gasteiger partial charge on any atom is 0.234 e. The van der Waals surface area contributed by atoms with Crippen LogP contribution in [0.2, 0.25) is 5.02 Å². The molecule has 0 amide bonds. The van der Waals surface area contributed by atoms with Gasteiger partial charge in [0.05, 0.1) is 10.5 Å². The van der Waals surface area contributed by atoms with Crippen LogP contribution in [0.5, 0.6) is 0 Å². The molecule has 0 bridgehead atoms. The number of alkyl halides is 3. The minimum Gasteiger partial charge on any atom is -0.247 e. The van der Waals surface area contributed by atoms with Crippen LogP contribution in [0.25, 0.3) is 10.9 Å². The maximum atomic E-state index is 6.24. The number of fused-ring (bicyclic) bond motifs is 1. The van der Waals surface area contributed by atoms with E-state index < -0.39 is 3.79 Å². The smallest absolute Gasteiger partial charge is 0.234 e. The summed E-state index contributed by atoms with van der Waals surface area (Å²) in [6, 6.07) is 7.62. The summed E-state index contributed by atoms with van der Waals surface area (Å²) in [6.45, 7) is 0. The van der Waals surface area contributed by atoms with E-state index in [0.29, 0.717) is 5.02 Å². The molecule has 0 saturated heterocycles. The number of hydrogen-bond donors (Lipinski definition) is 0. The lowest BCUT2D eigenvalue weighted by molar-refractivity contribution is 1.10. The fourth-order valence-electron chi connectivity index (χ4n) is 1.55. The molecule has 2 rings (SSSR count). The zero-order chi connectivity index (χ0) is 12.6. The van der Waals surface area contributed by atoms with Gasteiger partial charge in [0.1, 0.15) is 5.69 Å². The molecule has 1 aromatic carbocycles. The molecule has 90 valence electrons. The molecule has 0 aliphatic rings. The molecule has 0 saturated carbocycles. The first-order chi connectivity index (χ1) is 7.95. The second-order valence-corrected chi connectivity index (χ2v) is 6.80. The summed E-state index contributed by atoms with van der Waals surface area (Å²) in [6.07, 6.45) is 1.93. The van der Waals surface area contributed by atoms with E-state index in [1.54, 1.807) is 0 Å². The third-order valence-electron chi connectivity index (χ3n) is 2.26. The molecule has 6 heteroatoms. The quantitative estimate of drug-likeness (QED) is 0.511. The van der Waals surface area contributed by atoms with Crippen molar-refractivity contribution in [2.24, 2.45) is 0 Å². The number of hydrogen-bond acceptors (Lipinski definition) is 2. The normalized spacial score (nSPS) is 12.1. The average Bonchev–Trinajstić information content (AvgIpc) is 2.27. The molecule has 0 radical (unpaired) electrons. The Kier molecular flexibility index (Phi) is 4.01. The van der Waals surface area contributed by atoms with Gasteiger partial charge in [0, 0.05) is 10.3 Å². The van der Waals surface area contributed by atoms with Gasteiger partial charge in [-0.05, 0) is 12.3 Å². The summed E-state index contributed by atoms with van der Waals surface area (Å²) in [5, 5.41) is 1.36. The van der Waals surface area contributed by atoms with Crippen molar-refractivity contribution in [2.45, 2.75) is 8.69 Å². The number of nitrogens with zero attached hydrogens (tertiary/aromatic N) is 1. The number of rotatable bonds is 1. The largest absolute Gasteiger partial charge is 0.247 e. The van der Waals surface area contributed by atoms with Crippen molar-refractivity contribution >= 4 is 69.1 Å². The number of para-hydroxylation sites is 1. The molecule has 1 aromatic heterocycles. The van der Waals surface area contributed by atoms with Gasteiger partial charge >= 0.3 is 0 Å². The van der Waals surface area contributed by atoms with Crippen molar-refractivity contribution < 1.29 is 0 Å². The molecule has 0 aliphatic carbocycles. The van der Waals surface area contributed by atoms with Crippen molar-refractivity contribution in [1.82, 2.24) is 4.98 Å². The molecule has 2 aromatic rings. The Hall–Kier alpha value is 0.140. The van der Waals surface area contributed by atoms with E-state index in [1.807, 2.05) is 30.5 Å². The van der Waals surface area contributed by atoms with Gasteiger partial charge in [0.25, 0.3) is 0 Å². The number of thioether (sulfide) groups is 1. The highest BCUT2D eigenvalue weighted by atomic mass is 35.6. The third-order valence-corrected chi connectivity index (χ3v) is 4.11. The van der Waals surface area contributed by atoms with Crippen LogP contribution in [-0.2, 0) is 3.79 Å². The number of benzene rings is 1. The molecular formula is C11H7Cl4NS. The van der Waals surface area contributed by atoms with Crippen LogP contribution < -0.4 is 0 Å². The predicted octanol–water partition coefficient (Wildman–Crippen LogP) is 5.44. The number of aromatic nitrogens is 1. The zero-order valence-electron chi connectivity index (χ0n) is 8.68. The van der Waals surface area contributed by atoms with Crippen LogP contribution in [0.4, 0.5) is 0 Å². The van der Waals surface area contributed by atoms with E-state index in [4.69, 9.17) is 46.4 Å². The van der Waals surface area contributed by atoms with E-state index in [-0.39, 0.29) is 5.69 Å². The molecule has 0 unspecified atom stereocenters. The summed E-state index contributed by atoms with van der Waals surface area (Å²) in [5.41, 5.74) is 1.04. The van der Waals surface area contributed by atoms with Crippen LogP contribution in [0.3, 0.4) is 0 Å². The van der Waals surface area contributed by atoms with Crippen molar-refractivity contribution in [3.05, 3.63) is 35.0 Å². The van der Waals surface area contributed by atoms with E-state index in [2.05, 4.69) is 4.98 Å². The lowest BCUT2D eigenvalue weighted by Gasteiger charge is -2.16. The Morgan fingerprint density at radius 3 is 2.41 bits per heavy atom. The standard InChI is InChI=1S/C11H7Cl4NS/c1-17-9-6-4-2-3-5-7(6)16-10(8(9)12)11(13,14)15/h2-5H,1H3. The van der Waals surface area contributed by atoms with Crippen LogP contribution in [0, 0.1) is 0 Å². The number of pyridine rings is 1. The average molecular weight is 327 g/mol. The Morgan fingerprint density at radius 1 is 1.18 bits per heavy atom. The minimum atomic E-state index is -1.62. The summed E-state index contributed by atoms with van der Waals surface area (Å²) in [7, 11) is 0. The molecule has 0 fully saturated rings. The van der Waals surface area contributed by atoms with E-state index >= 15 is 0 Å². The zero-order valence-corrected chi connectivity index (χ0v) is 12.5. The van der Waals surface area contributed by atoms with E-state index in [1.165, 1.54) is 11.8 Å². The highest BCUT2D eigenvalue weighted by Gasteiger charge is 2.30. The fraction of sp³-hybridized carbons (Fsp3) is 0.182. The van der Waals surface area contributed by atoms with Crippen LogP contribution in [-0.4, -0.2) is 11.2 Å². The molecule has 17 heavy (non-hydrogen) atoms. The van der Waals surface area contributed by atoms with Crippen LogP contribution in [0.1, 0.15) is 5.69 Å². The van der Waals surface area contributed by atoms with Gasteiger partial charge in [0.15, 0.2) is 0 Å². The SMILES string of the molecule is CSc1c(Cl)c(C(Cl)(Cl)Cl)nc2ccccc12. The second-order valence-electron chi connectivity index (χ2n) is 3.32. The van der Waals surface area contributed by atoms with Gasteiger partial charge in [-0.25, -0.2) is 4.98 Å². The summed E-state index contributed by atoms with van der Waals surface area (Å²) in [4.78, 5) is 5.19. The summed E-state index contributed by atoms with van der Waals surface area (Å²) < 4.78 is -1.62. The van der Waals surface area contributed by atoms with Gasteiger partial charge in [-0.2, -0.15) is 0 Å². The van der Waals surface area contributed by atoms with Crippen molar-refractivity contribution in [3.8, 4) is 0 Å². The first-order valence-corrected chi connectivity index (χ1v) is 7.38. The maximum absolute atomic E-state index is 6.24. The lowest BCUT2D eigenvalue weighted by atomic mass is 10.2. The van der Waals surface area contributed by atoms with Crippen molar-refractivity contribution in [1.29, 1.82) is 0 Å². The Labute approximate surface area is 123 Å². The first kappa shape index (κ1) is 13.6. The molecule has 1 heterocycles. The van der Waals surface area contributed by atoms with Crippen LogP contribution in [0.15, 0.2) is 29.2 Å². The minimum absolute atomic E-state index is 0.271. The first-order valence-electron chi connectivity index (χ1n) is 4.64. The van der Waals surface area contributed by atoms with Gasteiger partial charge in [-0.15, -0.1) is 11.8 Å². The molecule has 0 N–H and O–H groups in total.